The monoisotopic (exact) mass is 460 g/mol. The van der Waals surface area contributed by atoms with Crippen LogP contribution < -0.4 is 10.6 Å². The largest absolute Gasteiger partial charge is 0.340 e. The van der Waals surface area contributed by atoms with Gasteiger partial charge in [-0.1, -0.05) is 30.5 Å². The molecular formula is C22H32N6O3S. The molecule has 2 aliphatic rings. The summed E-state index contributed by atoms with van der Waals surface area (Å²) in [6.45, 7) is 4.07. The van der Waals surface area contributed by atoms with Gasteiger partial charge in [0.25, 0.3) is 0 Å². The van der Waals surface area contributed by atoms with E-state index in [0.717, 1.165) is 30.8 Å². The van der Waals surface area contributed by atoms with Crippen LogP contribution in [-0.2, 0) is 11.3 Å². The molecule has 0 radical (unpaired) electrons. The number of rotatable bonds is 8. The zero-order chi connectivity index (χ0) is 22.2. The van der Waals surface area contributed by atoms with Crippen LogP contribution in [0.15, 0.2) is 22.0 Å². The lowest BCUT2D eigenvalue weighted by Crippen LogP contribution is -2.48. The molecule has 2 N–H and O–H groups in total. The first kappa shape index (κ1) is 22.7. The lowest BCUT2D eigenvalue weighted by molar-refractivity contribution is -0.133. The summed E-state index contributed by atoms with van der Waals surface area (Å²) in [6.07, 6.45) is 6.90. The maximum absolute atomic E-state index is 12.5. The Morgan fingerprint density at radius 3 is 2.72 bits per heavy atom. The molecule has 1 saturated carbocycles. The van der Waals surface area contributed by atoms with Crippen molar-refractivity contribution >= 4 is 23.3 Å². The summed E-state index contributed by atoms with van der Waals surface area (Å²) >= 11 is 1.59. The van der Waals surface area contributed by atoms with Crippen LogP contribution in [0, 0.1) is 0 Å². The van der Waals surface area contributed by atoms with E-state index in [2.05, 4.69) is 25.7 Å². The molecule has 1 aliphatic carbocycles. The van der Waals surface area contributed by atoms with E-state index in [9.17, 15) is 9.59 Å². The molecule has 0 unspecified atom stereocenters. The Hall–Kier alpha value is -2.46. The molecule has 0 spiro atoms. The van der Waals surface area contributed by atoms with Crippen molar-refractivity contribution in [2.75, 3.05) is 32.7 Å². The van der Waals surface area contributed by atoms with E-state index < -0.39 is 0 Å². The zero-order valence-corrected chi connectivity index (χ0v) is 19.2. The first-order chi connectivity index (χ1) is 15.7. The molecular weight excluding hydrogens is 428 g/mol. The van der Waals surface area contributed by atoms with E-state index in [-0.39, 0.29) is 11.9 Å². The van der Waals surface area contributed by atoms with Crippen LogP contribution >= 0.6 is 11.3 Å². The minimum absolute atomic E-state index is 0.110. The fourth-order valence-corrected chi connectivity index (χ4v) is 4.90. The zero-order valence-electron chi connectivity index (χ0n) is 18.4. The van der Waals surface area contributed by atoms with Gasteiger partial charge in [0.15, 0.2) is 0 Å². The van der Waals surface area contributed by atoms with Crippen molar-refractivity contribution < 1.29 is 14.1 Å². The van der Waals surface area contributed by atoms with E-state index >= 15 is 0 Å². The SMILES string of the molecule is O=C(NCCCC(=O)N1CCN(Cc2nc(-c3cccs3)no2)CC1)NC1CCCCC1. The molecule has 3 heterocycles. The number of carbonyl (C=O) groups is 2. The number of urea groups is 1. The topological polar surface area (TPSA) is 104 Å². The number of piperazine rings is 1. The Kier molecular flexibility index (Phi) is 8.11. The maximum Gasteiger partial charge on any atom is 0.315 e. The van der Waals surface area contributed by atoms with Crippen LogP contribution in [0.4, 0.5) is 4.79 Å². The molecule has 9 nitrogen and oxygen atoms in total. The fourth-order valence-electron chi connectivity index (χ4n) is 4.25. The van der Waals surface area contributed by atoms with Crippen molar-refractivity contribution in [1.29, 1.82) is 0 Å². The number of nitrogens with one attached hydrogen (secondary N) is 2. The predicted molar refractivity (Wildman–Crippen MR) is 122 cm³/mol. The lowest BCUT2D eigenvalue weighted by Gasteiger charge is -2.34. The van der Waals surface area contributed by atoms with Crippen molar-refractivity contribution in [3.63, 3.8) is 0 Å². The van der Waals surface area contributed by atoms with E-state index in [1.165, 1.54) is 19.3 Å². The van der Waals surface area contributed by atoms with E-state index in [1.807, 2.05) is 22.4 Å². The number of aromatic nitrogens is 2. The van der Waals surface area contributed by atoms with Crippen molar-refractivity contribution in [2.45, 2.75) is 57.5 Å². The fraction of sp³-hybridized carbons (Fsp3) is 0.636. The van der Waals surface area contributed by atoms with Crippen LogP contribution in [0.1, 0.15) is 50.8 Å². The highest BCUT2D eigenvalue weighted by atomic mass is 32.1. The minimum Gasteiger partial charge on any atom is -0.340 e. The van der Waals surface area contributed by atoms with E-state index in [0.29, 0.717) is 56.8 Å². The summed E-state index contributed by atoms with van der Waals surface area (Å²) in [5.74, 6) is 1.38. The second-order valence-corrected chi connectivity index (χ2v) is 9.43. The molecule has 174 valence electrons. The summed E-state index contributed by atoms with van der Waals surface area (Å²) in [7, 11) is 0. The highest BCUT2D eigenvalue weighted by Crippen LogP contribution is 2.22. The number of carbonyl (C=O) groups excluding carboxylic acids is 2. The average Bonchev–Trinajstić information content (AvgIpc) is 3.50. The van der Waals surface area contributed by atoms with Crippen LogP contribution in [0.3, 0.4) is 0 Å². The molecule has 2 aromatic rings. The van der Waals surface area contributed by atoms with Gasteiger partial charge >= 0.3 is 6.03 Å². The first-order valence-corrected chi connectivity index (χ1v) is 12.5. The molecule has 2 aromatic heterocycles. The van der Waals surface area contributed by atoms with Gasteiger partial charge in [-0.05, 0) is 30.7 Å². The standard InChI is InChI=1S/C22H32N6O3S/c29-20(9-4-10-23-22(30)24-17-6-2-1-3-7-17)28-13-11-27(12-14-28)16-19-25-21(26-31-19)18-8-5-15-32-18/h5,8,15,17H,1-4,6-7,9-14,16H2,(H2,23,24,30). The smallest absolute Gasteiger partial charge is 0.315 e. The summed E-state index contributed by atoms with van der Waals surface area (Å²) in [6, 6.07) is 4.13. The van der Waals surface area contributed by atoms with Gasteiger partial charge in [0.1, 0.15) is 0 Å². The van der Waals surface area contributed by atoms with E-state index in [1.54, 1.807) is 11.3 Å². The Morgan fingerprint density at radius 2 is 1.97 bits per heavy atom. The second kappa shape index (κ2) is 11.4. The van der Waals surface area contributed by atoms with Gasteiger partial charge in [-0.15, -0.1) is 11.3 Å². The summed E-state index contributed by atoms with van der Waals surface area (Å²) in [5.41, 5.74) is 0. The second-order valence-electron chi connectivity index (χ2n) is 8.48. The van der Waals surface area contributed by atoms with Crippen molar-refractivity contribution in [3.8, 4) is 10.7 Å². The van der Waals surface area contributed by atoms with Gasteiger partial charge in [0, 0.05) is 45.2 Å². The highest BCUT2D eigenvalue weighted by Gasteiger charge is 2.22. The highest BCUT2D eigenvalue weighted by molar-refractivity contribution is 7.13. The maximum atomic E-state index is 12.5. The molecule has 3 amide bonds. The summed E-state index contributed by atoms with van der Waals surface area (Å²) in [5, 5.41) is 12.0. The average molecular weight is 461 g/mol. The summed E-state index contributed by atoms with van der Waals surface area (Å²) < 4.78 is 5.38. The number of hydrogen-bond donors (Lipinski definition) is 2. The van der Waals surface area contributed by atoms with Gasteiger partial charge < -0.3 is 20.1 Å². The first-order valence-electron chi connectivity index (χ1n) is 11.6. The molecule has 1 saturated heterocycles. The van der Waals surface area contributed by atoms with Gasteiger partial charge in [-0.2, -0.15) is 4.98 Å². The predicted octanol–water partition coefficient (Wildman–Crippen LogP) is 2.85. The minimum atomic E-state index is -0.110. The normalized spacial score (nSPS) is 17.9. The Balaban J connectivity index is 1.09. The number of hydrogen-bond acceptors (Lipinski definition) is 7. The number of amides is 3. The van der Waals surface area contributed by atoms with Crippen LogP contribution in [0.2, 0.25) is 0 Å². The van der Waals surface area contributed by atoms with Gasteiger partial charge in [0.2, 0.25) is 17.6 Å². The third-order valence-electron chi connectivity index (χ3n) is 6.09. The Morgan fingerprint density at radius 1 is 1.16 bits per heavy atom. The molecule has 32 heavy (non-hydrogen) atoms. The van der Waals surface area contributed by atoms with Crippen molar-refractivity contribution in [2.24, 2.45) is 0 Å². The molecule has 0 atom stereocenters. The number of nitrogens with zero attached hydrogens (tertiary/aromatic N) is 4. The molecule has 2 fully saturated rings. The van der Waals surface area contributed by atoms with Crippen LogP contribution in [-0.4, -0.2) is 70.6 Å². The Bertz CT molecular complexity index is 857. The molecule has 10 heteroatoms. The van der Waals surface area contributed by atoms with E-state index in [4.69, 9.17) is 4.52 Å². The Labute approximate surface area is 192 Å². The quantitative estimate of drug-likeness (QED) is 0.587. The van der Waals surface area contributed by atoms with Crippen LogP contribution in [0.5, 0.6) is 0 Å². The lowest BCUT2D eigenvalue weighted by atomic mass is 9.96. The van der Waals surface area contributed by atoms with Gasteiger partial charge in [-0.25, -0.2) is 4.79 Å². The van der Waals surface area contributed by atoms with Gasteiger partial charge in [-0.3, -0.25) is 9.69 Å². The number of thiophene rings is 1. The third kappa shape index (κ3) is 6.52. The molecule has 1 aliphatic heterocycles. The van der Waals surface area contributed by atoms with Crippen molar-refractivity contribution in [1.82, 2.24) is 30.6 Å². The molecule has 0 aromatic carbocycles. The molecule has 4 rings (SSSR count). The summed E-state index contributed by atoms with van der Waals surface area (Å²) in [4.78, 5) is 34.1. The van der Waals surface area contributed by atoms with Gasteiger partial charge in [0.05, 0.1) is 11.4 Å². The van der Waals surface area contributed by atoms with Crippen LogP contribution in [0.25, 0.3) is 10.7 Å². The third-order valence-corrected chi connectivity index (χ3v) is 6.95. The molecule has 0 bridgehead atoms. The van der Waals surface area contributed by atoms with Crippen molar-refractivity contribution in [3.05, 3.63) is 23.4 Å².